The van der Waals surface area contributed by atoms with Crippen LogP contribution in [-0.4, -0.2) is 49.6 Å². The van der Waals surface area contributed by atoms with Gasteiger partial charge in [-0.2, -0.15) is 0 Å². The maximum atomic E-state index is 13.1. The van der Waals surface area contributed by atoms with Crippen molar-refractivity contribution in [2.45, 2.75) is 13.3 Å². The third kappa shape index (κ3) is 2.61. The number of fused-ring (bicyclic) bond motifs is 5. The first-order chi connectivity index (χ1) is 13.0. The minimum atomic E-state index is -0.224. The van der Waals surface area contributed by atoms with E-state index in [9.17, 15) is 14.0 Å². The van der Waals surface area contributed by atoms with E-state index in [4.69, 9.17) is 0 Å². The molecule has 2 bridgehead atoms. The van der Waals surface area contributed by atoms with Gasteiger partial charge >= 0.3 is 0 Å². The van der Waals surface area contributed by atoms with Crippen LogP contribution in [0.5, 0.6) is 0 Å². The third-order valence-electron chi connectivity index (χ3n) is 7.02. The molecule has 2 saturated heterocycles. The van der Waals surface area contributed by atoms with Gasteiger partial charge in [-0.3, -0.25) is 9.59 Å². The Morgan fingerprint density at radius 2 is 1.74 bits per heavy atom. The van der Waals surface area contributed by atoms with Crippen LogP contribution in [0.15, 0.2) is 35.9 Å². The Morgan fingerprint density at radius 3 is 2.44 bits per heavy atom. The van der Waals surface area contributed by atoms with E-state index in [1.807, 2.05) is 0 Å². The van der Waals surface area contributed by atoms with E-state index < -0.39 is 0 Å². The molecular weight excluding hydrogens is 345 g/mol. The number of benzene rings is 1. The minimum absolute atomic E-state index is 0.0507. The Kier molecular flexibility index (Phi) is 3.86. The van der Waals surface area contributed by atoms with Gasteiger partial charge in [0.2, 0.25) is 11.8 Å². The van der Waals surface area contributed by atoms with Crippen LogP contribution in [0.4, 0.5) is 10.1 Å². The molecule has 2 aliphatic carbocycles. The van der Waals surface area contributed by atoms with Gasteiger partial charge in [0.1, 0.15) is 5.82 Å². The van der Waals surface area contributed by atoms with Gasteiger partial charge in [-0.25, -0.2) is 9.29 Å². The van der Waals surface area contributed by atoms with Gasteiger partial charge in [-0.15, -0.1) is 0 Å². The number of imide groups is 1. The highest BCUT2D eigenvalue weighted by Gasteiger charge is 2.61. The molecule has 1 saturated carbocycles. The zero-order valence-electron chi connectivity index (χ0n) is 15.5. The number of likely N-dealkylation sites (tertiary alicyclic amines) is 1. The number of allylic oxidation sites excluding steroid dienone is 2. The zero-order valence-corrected chi connectivity index (χ0v) is 15.5. The molecule has 2 amide bonds. The quantitative estimate of drug-likeness (QED) is 0.629. The number of carbonyl (C=O) groups is 2. The Hall–Kier alpha value is -2.21. The number of nitrogens with zero attached hydrogens (tertiary/aromatic N) is 2. The first-order valence-electron chi connectivity index (χ1n) is 9.90. The minimum Gasteiger partial charge on any atom is -0.360 e. The highest BCUT2D eigenvalue weighted by atomic mass is 19.1. The van der Waals surface area contributed by atoms with E-state index in [0.717, 1.165) is 38.3 Å². The van der Waals surface area contributed by atoms with Gasteiger partial charge in [0.25, 0.3) is 0 Å². The second-order valence-electron chi connectivity index (χ2n) is 8.44. The molecule has 4 aliphatic rings. The predicted octanol–water partition coefficient (Wildman–Crippen LogP) is 0.685. The van der Waals surface area contributed by atoms with E-state index >= 15 is 0 Å². The maximum absolute atomic E-state index is 13.1. The predicted molar refractivity (Wildman–Crippen MR) is 98.4 cm³/mol. The molecule has 27 heavy (non-hydrogen) atoms. The summed E-state index contributed by atoms with van der Waals surface area (Å²) >= 11 is 0. The summed E-state index contributed by atoms with van der Waals surface area (Å²) in [7, 11) is 0. The lowest BCUT2D eigenvalue weighted by Gasteiger charge is -2.35. The summed E-state index contributed by atoms with van der Waals surface area (Å²) < 4.78 is 13.1. The molecule has 1 aromatic rings. The van der Waals surface area contributed by atoms with Crippen molar-refractivity contribution in [2.75, 3.05) is 37.7 Å². The lowest BCUT2D eigenvalue weighted by Crippen LogP contribution is -3.16. The number of anilines is 1. The molecule has 0 aromatic heterocycles. The Balaban J connectivity index is 1.22. The number of quaternary nitrogens is 1. The molecular formula is C21H25FN3O2+. The van der Waals surface area contributed by atoms with Gasteiger partial charge < -0.3 is 9.80 Å². The topological polar surface area (TPSA) is 45.1 Å². The van der Waals surface area contributed by atoms with Crippen LogP contribution in [0.1, 0.15) is 13.3 Å². The fourth-order valence-corrected chi connectivity index (χ4v) is 5.61. The largest absolute Gasteiger partial charge is 0.360 e. The molecule has 0 spiro atoms. The summed E-state index contributed by atoms with van der Waals surface area (Å²) in [5.41, 5.74) is 2.32. The highest BCUT2D eigenvalue weighted by molar-refractivity contribution is 6.06. The number of halogens is 1. The maximum Gasteiger partial charge on any atom is 0.238 e. The number of hydrogen-bond donors (Lipinski definition) is 1. The van der Waals surface area contributed by atoms with Crippen molar-refractivity contribution < 1.29 is 18.9 Å². The molecule has 3 fully saturated rings. The van der Waals surface area contributed by atoms with E-state index in [2.05, 4.69) is 17.9 Å². The number of nitrogens with one attached hydrogen (secondary N) is 1. The zero-order chi connectivity index (χ0) is 18.7. The van der Waals surface area contributed by atoms with Crippen molar-refractivity contribution in [1.82, 2.24) is 4.90 Å². The summed E-state index contributed by atoms with van der Waals surface area (Å²) in [5, 5.41) is 0. The molecule has 0 unspecified atom stereocenters. The molecule has 0 radical (unpaired) electrons. The van der Waals surface area contributed by atoms with Crippen molar-refractivity contribution in [3.05, 3.63) is 41.7 Å². The molecule has 6 heteroatoms. The van der Waals surface area contributed by atoms with Crippen molar-refractivity contribution in [3.8, 4) is 0 Å². The Bertz CT molecular complexity index is 813. The molecule has 1 aromatic carbocycles. The second kappa shape index (κ2) is 6.16. The van der Waals surface area contributed by atoms with Crippen LogP contribution < -0.4 is 9.80 Å². The average molecular weight is 370 g/mol. The first-order valence-corrected chi connectivity index (χ1v) is 9.90. The molecule has 4 atom stereocenters. The standard InChI is InChI=1S/C21H24FN3O2/c1-13-10-14-11-17(13)19-18(14)20(26)25(21(19)27)12-23-6-8-24(9-7-23)16-4-2-15(22)3-5-16/h2-5,10,14,17-19H,6-9,11-12H2,1H3/p+1/t14-,17-,18+,19-/m1/s1. The van der Waals surface area contributed by atoms with Crippen molar-refractivity contribution in [3.63, 3.8) is 0 Å². The van der Waals surface area contributed by atoms with Crippen molar-refractivity contribution in [1.29, 1.82) is 0 Å². The normalized spacial score (nSPS) is 33.0. The summed E-state index contributed by atoms with van der Waals surface area (Å²) in [6.45, 7) is 6.01. The highest BCUT2D eigenvalue weighted by Crippen LogP contribution is 2.55. The van der Waals surface area contributed by atoms with Gasteiger partial charge in [-0.05, 0) is 49.4 Å². The van der Waals surface area contributed by atoms with Crippen molar-refractivity contribution in [2.24, 2.45) is 23.7 Å². The van der Waals surface area contributed by atoms with Crippen molar-refractivity contribution >= 4 is 17.5 Å². The molecule has 2 aliphatic heterocycles. The smallest absolute Gasteiger partial charge is 0.238 e. The molecule has 142 valence electrons. The van der Waals surface area contributed by atoms with Crippen LogP contribution in [0.3, 0.4) is 0 Å². The molecule has 2 heterocycles. The van der Waals surface area contributed by atoms with Gasteiger partial charge in [0.15, 0.2) is 6.67 Å². The van der Waals surface area contributed by atoms with Crippen LogP contribution in [0, 0.1) is 29.5 Å². The van der Waals surface area contributed by atoms with Crippen LogP contribution in [-0.2, 0) is 9.59 Å². The fraction of sp³-hybridized carbons (Fsp3) is 0.524. The lowest BCUT2D eigenvalue weighted by molar-refractivity contribution is -0.908. The number of carbonyl (C=O) groups excluding carboxylic acids is 2. The Morgan fingerprint density at radius 1 is 1.07 bits per heavy atom. The van der Waals surface area contributed by atoms with Crippen LogP contribution in [0.25, 0.3) is 0 Å². The van der Waals surface area contributed by atoms with Gasteiger partial charge in [0.05, 0.1) is 38.0 Å². The SMILES string of the molecule is CC1=C[C@@H]2C[C@H]1[C@H]1C(=O)N(C[NH+]3CCN(c4ccc(F)cc4)CC3)C(=O)[C@H]12. The van der Waals surface area contributed by atoms with E-state index in [1.165, 1.54) is 22.6 Å². The molecule has 1 N–H and O–H groups in total. The molecule has 5 rings (SSSR count). The number of rotatable bonds is 3. The van der Waals surface area contributed by atoms with Crippen LogP contribution >= 0.6 is 0 Å². The fourth-order valence-electron chi connectivity index (χ4n) is 5.61. The van der Waals surface area contributed by atoms with E-state index in [-0.39, 0.29) is 41.3 Å². The summed E-state index contributed by atoms with van der Waals surface area (Å²) in [4.78, 5) is 30.9. The van der Waals surface area contributed by atoms with Gasteiger partial charge in [-0.1, -0.05) is 11.6 Å². The second-order valence-corrected chi connectivity index (χ2v) is 8.44. The summed E-state index contributed by atoms with van der Waals surface area (Å²) in [6.07, 6.45) is 3.20. The van der Waals surface area contributed by atoms with E-state index in [1.54, 1.807) is 17.0 Å². The average Bonchev–Trinajstić information content (AvgIpc) is 3.30. The summed E-state index contributed by atoms with van der Waals surface area (Å²) in [5.74, 6) is 0.225. The first kappa shape index (κ1) is 16.9. The molecule has 5 nitrogen and oxygen atoms in total. The number of piperazine rings is 1. The van der Waals surface area contributed by atoms with E-state index in [0.29, 0.717) is 6.67 Å². The number of hydrogen-bond acceptors (Lipinski definition) is 3. The number of amides is 2. The lowest BCUT2D eigenvalue weighted by atomic mass is 9.82. The monoisotopic (exact) mass is 370 g/mol. The van der Waals surface area contributed by atoms with Gasteiger partial charge in [0, 0.05) is 5.69 Å². The summed E-state index contributed by atoms with van der Waals surface area (Å²) in [6, 6.07) is 6.58. The Labute approximate surface area is 158 Å². The third-order valence-corrected chi connectivity index (χ3v) is 7.02. The van der Waals surface area contributed by atoms with Crippen LogP contribution in [0.2, 0.25) is 0 Å².